The highest BCUT2D eigenvalue weighted by Gasteiger charge is 2.25. The summed E-state index contributed by atoms with van der Waals surface area (Å²) < 4.78 is 14.8. The number of benzene rings is 2. The number of rotatable bonds is 9. The van der Waals surface area contributed by atoms with Crippen LogP contribution in [0.4, 0.5) is 16.0 Å². The molecule has 1 fully saturated rings. The molecule has 5 rings (SSSR count). The summed E-state index contributed by atoms with van der Waals surface area (Å²) in [6.45, 7) is 0.608. The Bertz CT molecular complexity index is 1620. The third-order valence-corrected chi connectivity index (χ3v) is 7.43. The summed E-state index contributed by atoms with van der Waals surface area (Å²) in [5, 5.41) is 10.4. The van der Waals surface area contributed by atoms with Crippen molar-refractivity contribution in [2.45, 2.75) is 37.8 Å². The van der Waals surface area contributed by atoms with Crippen LogP contribution in [0.5, 0.6) is 0 Å². The number of aromatic nitrogens is 3. The Morgan fingerprint density at radius 1 is 1.17 bits per heavy atom. The van der Waals surface area contributed by atoms with E-state index in [4.69, 9.17) is 16.6 Å². The van der Waals surface area contributed by atoms with Crippen LogP contribution in [0.2, 0.25) is 5.02 Å². The molecule has 0 bridgehead atoms. The SMILES string of the molecule is CN(C)C/C=C/C(=O)Nc1ccc(C(=O)N[C@H]2CCC[C@@H](Nc3ncc(Cl)c(-c4c[nH]c5ccccc45)n3)C2)c(F)c1. The maximum absolute atomic E-state index is 14.8. The summed E-state index contributed by atoms with van der Waals surface area (Å²) in [5.74, 6) is -1.11. The molecule has 2 aromatic heterocycles. The topological polar surface area (TPSA) is 115 Å². The van der Waals surface area contributed by atoms with Gasteiger partial charge in [-0.25, -0.2) is 14.4 Å². The van der Waals surface area contributed by atoms with Gasteiger partial charge in [-0.05, 0) is 64.0 Å². The summed E-state index contributed by atoms with van der Waals surface area (Å²) >= 11 is 6.48. The Morgan fingerprint density at radius 3 is 2.79 bits per heavy atom. The normalized spacial score (nSPS) is 17.1. The van der Waals surface area contributed by atoms with Crippen LogP contribution in [0.3, 0.4) is 0 Å². The van der Waals surface area contributed by atoms with Crippen LogP contribution in [0, 0.1) is 5.82 Å². The Morgan fingerprint density at radius 2 is 1.98 bits per heavy atom. The van der Waals surface area contributed by atoms with Crippen molar-refractivity contribution >= 4 is 46.0 Å². The van der Waals surface area contributed by atoms with Crippen molar-refractivity contribution in [1.82, 2.24) is 25.2 Å². The number of halogens is 2. The van der Waals surface area contributed by atoms with E-state index in [0.29, 0.717) is 29.6 Å². The molecule has 2 amide bonds. The van der Waals surface area contributed by atoms with Crippen LogP contribution in [-0.2, 0) is 4.79 Å². The van der Waals surface area contributed by atoms with E-state index in [2.05, 4.69) is 25.9 Å². The zero-order valence-electron chi connectivity index (χ0n) is 23.5. The van der Waals surface area contributed by atoms with Crippen molar-refractivity contribution in [1.29, 1.82) is 0 Å². The molecule has 218 valence electrons. The summed E-state index contributed by atoms with van der Waals surface area (Å²) in [6.07, 6.45) is 9.75. The second-order valence-electron chi connectivity index (χ2n) is 10.7. The van der Waals surface area contributed by atoms with Gasteiger partial charge in [0.25, 0.3) is 5.91 Å². The zero-order valence-corrected chi connectivity index (χ0v) is 24.2. The van der Waals surface area contributed by atoms with Crippen LogP contribution in [-0.4, -0.2) is 64.4 Å². The number of nitrogens with zero attached hydrogens (tertiary/aromatic N) is 3. The van der Waals surface area contributed by atoms with Gasteiger partial charge in [-0.2, -0.15) is 0 Å². The molecule has 0 saturated heterocycles. The van der Waals surface area contributed by atoms with Crippen molar-refractivity contribution in [3.8, 4) is 11.3 Å². The van der Waals surface area contributed by atoms with E-state index < -0.39 is 11.7 Å². The predicted octanol–water partition coefficient (Wildman–Crippen LogP) is 5.63. The van der Waals surface area contributed by atoms with Gasteiger partial charge in [0.1, 0.15) is 5.82 Å². The summed E-state index contributed by atoms with van der Waals surface area (Å²) in [4.78, 5) is 39.2. The van der Waals surface area contributed by atoms with E-state index in [9.17, 15) is 14.0 Å². The maximum Gasteiger partial charge on any atom is 0.254 e. The van der Waals surface area contributed by atoms with Gasteiger partial charge in [0.15, 0.2) is 0 Å². The number of para-hydroxylation sites is 1. The number of nitrogens with one attached hydrogen (secondary N) is 4. The lowest BCUT2D eigenvalue weighted by molar-refractivity contribution is -0.111. The third-order valence-electron chi connectivity index (χ3n) is 7.15. The van der Waals surface area contributed by atoms with Crippen LogP contribution < -0.4 is 16.0 Å². The second kappa shape index (κ2) is 13.1. The molecule has 1 aliphatic rings. The lowest BCUT2D eigenvalue weighted by Gasteiger charge is -2.30. The minimum absolute atomic E-state index is 0.0176. The van der Waals surface area contributed by atoms with Gasteiger partial charge in [0, 0.05) is 53.1 Å². The molecule has 9 nitrogen and oxygen atoms in total. The molecule has 11 heteroatoms. The quantitative estimate of drug-likeness (QED) is 0.188. The molecule has 0 radical (unpaired) electrons. The van der Waals surface area contributed by atoms with Crippen LogP contribution in [0.25, 0.3) is 22.2 Å². The number of hydrogen-bond acceptors (Lipinski definition) is 6. The summed E-state index contributed by atoms with van der Waals surface area (Å²) in [6, 6.07) is 11.9. The molecule has 2 atom stereocenters. The number of fused-ring (bicyclic) bond motifs is 1. The number of anilines is 2. The summed E-state index contributed by atoms with van der Waals surface area (Å²) in [7, 11) is 3.78. The highest BCUT2D eigenvalue weighted by atomic mass is 35.5. The van der Waals surface area contributed by atoms with E-state index >= 15 is 0 Å². The fourth-order valence-electron chi connectivity index (χ4n) is 5.12. The fraction of sp³-hybridized carbons (Fsp3) is 0.290. The van der Waals surface area contributed by atoms with Gasteiger partial charge in [-0.15, -0.1) is 0 Å². The number of likely N-dealkylation sites (N-methyl/N-ethyl adjacent to an activating group) is 1. The molecule has 4 N–H and O–H groups in total. The van der Waals surface area contributed by atoms with Crippen molar-refractivity contribution in [2.24, 2.45) is 0 Å². The number of aromatic amines is 1. The minimum atomic E-state index is -0.701. The highest BCUT2D eigenvalue weighted by Crippen LogP contribution is 2.33. The second-order valence-corrected chi connectivity index (χ2v) is 11.1. The van der Waals surface area contributed by atoms with E-state index in [-0.39, 0.29) is 29.2 Å². The number of hydrogen-bond donors (Lipinski definition) is 4. The number of H-pyrrole nitrogens is 1. The maximum atomic E-state index is 14.8. The van der Waals surface area contributed by atoms with Crippen LogP contribution >= 0.6 is 11.6 Å². The molecular weight excluding hydrogens is 557 g/mol. The standard InChI is InChI=1S/C31H33ClFN7O2/c1-40(2)14-6-11-28(41)36-21-12-13-23(26(33)16-21)30(42)37-19-7-5-8-20(15-19)38-31-35-18-25(32)29(39-31)24-17-34-27-10-4-3-9-22(24)27/h3-4,6,9-13,16-20,34H,5,7-8,14-15H2,1-2H3,(H,36,41)(H,37,42)(H,35,38,39)/b11-6+/t19-,20+/m0/s1. The smallest absolute Gasteiger partial charge is 0.254 e. The average Bonchev–Trinajstić information content (AvgIpc) is 3.38. The van der Waals surface area contributed by atoms with Crippen molar-refractivity contribution in [2.75, 3.05) is 31.3 Å². The van der Waals surface area contributed by atoms with Crippen LogP contribution in [0.15, 0.2) is 67.0 Å². The third kappa shape index (κ3) is 7.13. The number of amides is 2. The molecule has 2 aromatic carbocycles. The molecule has 1 saturated carbocycles. The zero-order chi connectivity index (χ0) is 29.6. The average molecular weight is 590 g/mol. The Hall–Kier alpha value is -4.28. The Labute approximate surface area is 248 Å². The van der Waals surface area contributed by atoms with Crippen molar-refractivity contribution in [3.05, 3.63) is 83.4 Å². The Balaban J connectivity index is 1.20. The molecule has 4 aromatic rings. The van der Waals surface area contributed by atoms with Crippen LogP contribution in [0.1, 0.15) is 36.0 Å². The van der Waals surface area contributed by atoms with Gasteiger partial charge < -0.3 is 25.8 Å². The molecule has 1 aliphatic carbocycles. The van der Waals surface area contributed by atoms with Crippen molar-refractivity contribution in [3.63, 3.8) is 0 Å². The van der Waals surface area contributed by atoms with Crippen molar-refractivity contribution < 1.29 is 14.0 Å². The van der Waals surface area contributed by atoms with Gasteiger partial charge in [-0.3, -0.25) is 9.59 Å². The molecule has 0 spiro atoms. The number of carbonyl (C=O) groups excluding carboxylic acids is 2. The first-order valence-electron chi connectivity index (χ1n) is 13.8. The van der Waals surface area contributed by atoms with E-state index in [1.165, 1.54) is 18.2 Å². The lowest BCUT2D eigenvalue weighted by Crippen LogP contribution is -2.42. The van der Waals surface area contributed by atoms with Gasteiger partial charge in [-0.1, -0.05) is 35.9 Å². The lowest BCUT2D eigenvalue weighted by atomic mass is 9.91. The van der Waals surface area contributed by atoms with Gasteiger partial charge in [0.05, 0.1) is 22.5 Å². The monoisotopic (exact) mass is 589 g/mol. The van der Waals surface area contributed by atoms with Gasteiger partial charge >= 0.3 is 0 Å². The summed E-state index contributed by atoms with van der Waals surface area (Å²) in [5.41, 5.74) is 2.72. The first-order valence-corrected chi connectivity index (χ1v) is 14.2. The fourth-order valence-corrected chi connectivity index (χ4v) is 5.32. The first kappa shape index (κ1) is 29.2. The molecule has 2 heterocycles. The van der Waals surface area contributed by atoms with Gasteiger partial charge in [0.2, 0.25) is 11.9 Å². The predicted molar refractivity (Wildman–Crippen MR) is 164 cm³/mol. The molecular formula is C31H33ClFN7O2. The molecule has 0 unspecified atom stereocenters. The first-order chi connectivity index (χ1) is 20.3. The van der Waals surface area contributed by atoms with E-state index in [0.717, 1.165) is 41.8 Å². The largest absolute Gasteiger partial charge is 0.360 e. The number of carbonyl (C=O) groups is 2. The van der Waals surface area contributed by atoms with E-state index in [1.807, 2.05) is 49.5 Å². The Kier molecular flexibility index (Phi) is 9.14. The van der Waals surface area contributed by atoms with E-state index in [1.54, 1.807) is 12.3 Å². The highest BCUT2D eigenvalue weighted by molar-refractivity contribution is 6.33. The molecule has 42 heavy (non-hydrogen) atoms. The molecule has 0 aliphatic heterocycles. The minimum Gasteiger partial charge on any atom is -0.360 e.